The summed E-state index contributed by atoms with van der Waals surface area (Å²) in [5.41, 5.74) is 0. The third kappa shape index (κ3) is 48.0. The highest BCUT2D eigenvalue weighted by Gasteiger charge is 2.44. The summed E-state index contributed by atoms with van der Waals surface area (Å²) in [5.74, 6) is -0.182. The van der Waals surface area contributed by atoms with Crippen molar-refractivity contribution in [3.8, 4) is 0 Å². The van der Waals surface area contributed by atoms with E-state index in [-0.39, 0.29) is 12.5 Å². The second kappa shape index (κ2) is 59.1. The van der Waals surface area contributed by atoms with Gasteiger partial charge in [0.25, 0.3) is 0 Å². The molecule has 9 heteroatoms. The molecular formula is C70H129NO8. The molecular weight excluding hydrogens is 983 g/mol. The van der Waals surface area contributed by atoms with Gasteiger partial charge >= 0.3 is 0 Å². The van der Waals surface area contributed by atoms with Crippen LogP contribution in [0.15, 0.2) is 60.8 Å². The highest BCUT2D eigenvalue weighted by atomic mass is 16.7. The van der Waals surface area contributed by atoms with Crippen molar-refractivity contribution in [2.24, 2.45) is 0 Å². The van der Waals surface area contributed by atoms with Crippen LogP contribution in [0.5, 0.6) is 0 Å². The van der Waals surface area contributed by atoms with Gasteiger partial charge in [-0.05, 0) is 70.6 Å². The number of carbonyl (C=O) groups excluding carboxylic acids is 1. The van der Waals surface area contributed by atoms with Crippen molar-refractivity contribution in [2.75, 3.05) is 13.2 Å². The normalized spacial score (nSPS) is 18.9. The first kappa shape index (κ1) is 74.9. The van der Waals surface area contributed by atoms with Gasteiger partial charge in [-0.3, -0.25) is 4.79 Å². The summed E-state index contributed by atoms with van der Waals surface area (Å²) in [7, 11) is 0. The Morgan fingerprint density at radius 2 is 0.759 bits per heavy atom. The molecule has 0 aliphatic carbocycles. The highest BCUT2D eigenvalue weighted by molar-refractivity contribution is 5.76. The Morgan fingerprint density at radius 1 is 0.430 bits per heavy atom. The van der Waals surface area contributed by atoms with Crippen LogP contribution in [0.2, 0.25) is 0 Å². The Morgan fingerprint density at radius 3 is 1.15 bits per heavy atom. The fourth-order valence-electron chi connectivity index (χ4n) is 10.7. The lowest BCUT2D eigenvalue weighted by molar-refractivity contribution is -0.302. The first-order valence-corrected chi connectivity index (χ1v) is 34.0. The third-order valence-corrected chi connectivity index (χ3v) is 16.1. The molecule has 0 spiro atoms. The number of allylic oxidation sites excluding steroid dienone is 9. The smallest absolute Gasteiger partial charge is 0.220 e. The van der Waals surface area contributed by atoms with Gasteiger partial charge in [0.15, 0.2) is 6.29 Å². The van der Waals surface area contributed by atoms with Crippen LogP contribution in [-0.2, 0) is 14.3 Å². The van der Waals surface area contributed by atoms with Crippen molar-refractivity contribution >= 4 is 5.91 Å². The lowest BCUT2D eigenvalue weighted by atomic mass is 9.99. The quantitative estimate of drug-likeness (QED) is 0.0261. The van der Waals surface area contributed by atoms with Gasteiger partial charge < -0.3 is 40.3 Å². The molecule has 1 aliphatic rings. The van der Waals surface area contributed by atoms with Gasteiger partial charge in [0.05, 0.1) is 25.4 Å². The van der Waals surface area contributed by atoms with Gasteiger partial charge in [-0.15, -0.1) is 0 Å². The fourth-order valence-corrected chi connectivity index (χ4v) is 10.7. The first-order chi connectivity index (χ1) is 38.8. The van der Waals surface area contributed by atoms with E-state index in [2.05, 4.69) is 67.8 Å². The van der Waals surface area contributed by atoms with E-state index < -0.39 is 49.5 Å². The van der Waals surface area contributed by atoms with E-state index in [1.807, 2.05) is 6.08 Å². The van der Waals surface area contributed by atoms with Crippen LogP contribution in [0.1, 0.15) is 322 Å². The minimum atomic E-state index is -1.57. The van der Waals surface area contributed by atoms with Gasteiger partial charge in [0.1, 0.15) is 24.4 Å². The number of aliphatic hydroxyl groups is 5. The minimum absolute atomic E-state index is 0.182. The Labute approximate surface area is 487 Å². The summed E-state index contributed by atoms with van der Waals surface area (Å²) in [5, 5.41) is 54.6. The second-order valence-corrected chi connectivity index (χ2v) is 23.6. The molecule has 0 aromatic carbocycles. The average molecular weight is 1110 g/mol. The zero-order chi connectivity index (χ0) is 57.2. The van der Waals surface area contributed by atoms with Crippen molar-refractivity contribution < 1.29 is 39.8 Å². The fraction of sp³-hybridized carbons (Fsp3) is 0.843. The molecule has 9 nitrogen and oxygen atoms in total. The van der Waals surface area contributed by atoms with Crippen LogP contribution in [0, 0.1) is 0 Å². The maximum absolute atomic E-state index is 13.1. The molecule has 0 bridgehead atoms. The zero-order valence-electron chi connectivity index (χ0n) is 51.6. The third-order valence-electron chi connectivity index (χ3n) is 16.1. The van der Waals surface area contributed by atoms with Crippen molar-refractivity contribution in [3.63, 3.8) is 0 Å². The molecule has 1 saturated heterocycles. The van der Waals surface area contributed by atoms with Gasteiger partial charge in [-0.1, -0.05) is 306 Å². The topological polar surface area (TPSA) is 149 Å². The molecule has 7 unspecified atom stereocenters. The summed E-state index contributed by atoms with van der Waals surface area (Å²) >= 11 is 0. The molecule has 462 valence electrons. The number of rotatable bonds is 59. The monoisotopic (exact) mass is 1110 g/mol. The predicted octanol–water partition coefficient (Wildman–Crippen LogP) is 18.2. The number of carbonyl (C=O) groups is 1. The molecule has 1 fully saturated rings. The number of unbranched alkanes of at least 4 members (excludes halogenated alkanes) is 41. The minimum Gasteiger partial charge on any atom is -0.394 e. The van der Waals surface area contributed by atoms with E-state index in [4.69, 9.17) is 9.47 Å². The molecule has 1 heterocycles. The van der Waals surface area contributed by atoms with Crippen molar-refractivity contribution in [2.45, 2.75) is 365 Å². The van der Waals surface area contributed by atoms with E-state index in [1.165, 1.54) is 250 Å². The molecule has 6 N–H and O–H groups in total. The summed E-state index contributed by atoms with van der Waals surface area (Å²) in [4.78, 5) is 13.1. The molecule has 0 aromatic heterocycles. The summed E-state index contributed by atoms with van der Waals surface area (Å²) in [6, 6.07) is -0.822. The Hall–Kier alpha value is -2.11. The summed E-state index contributed by atoms with van der Waals surface area (Å²) < 4.78 is 11.3. The van der Waals surface area contributed by atoms with Crippen molar-refractivity contribution in [3.05, 3.63) is 60.8 Å². The number of ether oxygens (including phenoxy) is 2. The number of hydrogen-bond acceptors (Lipinski definition) is 8. The number of nitrogens with one attached hydrogen (secondary N) is 1. The second-order valence-electron chi connectivity index (χ2n) is 23.6. The summed E-state index contributed by atoms with van der Waals surface area (Å²) in [6.07, 6.45) is 74.7. The van der Waals surface area contributed by atoms with Gasteiger partial charge in [-0.25, -0.2) is 0 Å². The van der Waals surface area contributed by atoms with Crippen LogP contribution in [-0.4, -0.2) is 87.5 Å². The van der Waals surface area contributed by atoms with Crippen molar-refractivity contribution in [1.82, 2.24) is 5.32 Å². The Kier molecular flexibility index (Phi) is 56.0. The van der Waals surface area contributed by atoms with Gasteiger partial charge in [0, 0.05) is 6.42 Å². The Bertz CT molecular complexity index is 1430. The lowest BCUT2D eigenvalue weighted by Gasteiger charge is -2.40. The van der Waals surface area contributed by atoms with Crippen LogP contribution in [0.3, 0.4) is 0 Å². The molecule has 7 atom stereocenters. The molecule has 0 saturated carbocycles. The molecule has 1 rings (SSSR count). The molecule has 0 radical (unpaired) electrons. The van der Waals surface area contributed by atoms with E-state index in [0.717, 1.165) is 51.4 Å². The van der Waals surface area contributed by atoms with Gasteiger partial charge in [0.2, 0.25) is 5.91 Å². The summed E-state index contributed by atoms with van der Waals surface area (Å²) in [6.45, 7) is 3.78. The highest BCUT2D eigenvalue weighted by Crippen LogP contribution is 2.23. The molecule has 1 aliphatic heterocycles. The van der Waals surface area contributed by atoms with Crippen molar-refractivity contribution in [1.29, 1.82) is 0 Å². The SMILES string of the molecule is CCCCCCC/C=C\C/C=C\C/C=C\CCCCCCCCCCCCCCCCCCCCCCCCC(=O)NC(COC1OC(CO)C(O)C(O)C1O)C(O)/C=C/CC/C=C/CCCCCCCCCCCCCCC. The number of aliphatic hydroxyl groups excluding tert-OH is 5. The van der Waals surface area contributed by atoms with Crippen LogP contribution in [0.25, 0.3) is 0 Å². The van der Waals surface area contributed by atoms with Gasteiger partial charge in [-0.2, -0.15) is 0 Å². The molecule has 1 amide bonds. The van der Waals surface area contributed by atoms with Crippen LogP contribution < -0.4 is 5.32 Å². The molecule has 0 aromatic rings. The van der Waals surface area contributed by atoms with E-state index >= 15 is 0 Å². The van der Waals surface area contributed by atoms with E-state index in [9.17, 15) is 30.3 Å². The number of hydrogen-bond donors (Lipinski definition) is 6. The van der Waals surface area contributed by atoms with Crippen LogP contribution >= 0.6 is 0 Å². The van der Waals surface area contributed by atoms with E-state index in [1.54, 1.807) is 6.08 Å². The lowest BCUT2D eigenvalue weighted by Crippen LogP contribution is -2.60. The largest absolute Gasteiger partial charge is 0.394 e. The number of amides is 1. The molecule has 79 heavy (non-hydrogen) atoms. The standard InChI is InChI=1S/C70H129NO8/c1-3-5-7-9-11-13-15-17-19-21-23-24-25-26-27-28-29-30-31-32-33-34-35-36-37-38-39-40-42-44-46-48-50-52-54-56-58-60-66(74)71-63(62-78-70-69(77)68(76)67(75)65(61-72)79-70)64(73)59-57-55-53-51-49-47-45-43-41-22-20-18-16-14-12-10-8-6-4-2/h15,17,21,23,25-26,49,51,57,59,63-65,67-70,72-73,75-77H,3-14,16,18-20,22,24,27-48,50,52-56,58,60-62H2,1-2H3,(H,71,74)/b17-15-,23-21-,26-25-,51-49+,59-57+. The zero-order valence-corrected chi connectivity index (χ0v) is 51.6. The predicted molar refractivity (Wildman–Crippen MR) is 336 cm³/mol. The van der Waals surface area contributed by atoms with E-state index in [0.29, 0.717) is 6.42 Å². The van der Waals surface area contributed by atoms with Crippen LogP contribution in [0.4, 0.5) is 0 Å². The maximum atomic E-state index is 13.1. The average Bonchev–Trinajstić information content (AvgIpc) is 3.46. The maximum Gasteiger partial charge on any atom is 0.220 e. The first-order valence-electron chi connectivity index (χ1n) is 34.0. The Balaban J connectivity index is 2.10.